The molecule has 0 aliphatic carbocycles. The number of hydrogen-bond acceptors (Lipinski definition) is 5. The normalized spacial score (nSPS) is 12.8. The molecule has 7 nitrogen and oxygen atoms in total. The van der Waals surface area contributed by atoms with Crippen LogP contribution in [0, 0.1) is 0 Å². The fraction of sp³-hybridized carbons (Fsp3) is 0.455. The summed E-state index contributed by atoms with van der Waals surface area (Å²) in [5, 5.41) is 0.0425. The maximum Gasteiger partial charge on any atom is 0.242 e. The predicted octanol–water partition coefficient (Wildman–Crippen LogP) is -0.0316. The van der Waals surface area contributed by atoms with Crippen LogP contribution < -0.4 is 10.5 Å². The van der Waals surface area contributed by atoms with Gasteiger partial charge in [-0.3, -0.25) is 0 Å². The van der Waals surface area contributed by atoms with Gasteiger partial charge in [-0.2, -0.15) is 0 Å². The molecule has 3 N–H and O–H groups in total. The molecule has 0 aromatic heterocycles. The van der Waals surface area contributed by atoms with Gasteiger partial charge in [0.25, 0.3) is 0 Å². The lowest BCUT2D eigenvalue weighted by Gasteiger charge is -2.12. The molecule has 0 aliphatic rings. The van der Waals surface area contributed by atoms with E-state index < -0.39 is 20.0 Å². The summed E-state index contributed by atoms with van der Waals surface area (Å²) in [6.07, 6.45) is 0. The highest BCUT2D eigenvalue weighted by atomic mass is 35.5. The first kappa shape index (κ1) is 18.3. The Labute approximate surface area is 130 Å². The average molecular weight is 356 g/mol. The van der Waals surface area contributed by atoms with Crippen LogP contribution in [0.4, 0.5) is 0 Å². The minimum Gasteiger partial charge on any atom is -0.326 e. The molecule has 0 saturated carbocycles. The van der Waals surface area contributed by atoms with Gasteiger partial charge in [0.05, 0.1) is 10.8 Å². The zero-order chi connectivity index (χ0) is 16.3. The van der Waals surface area contributed by atoms with Gasteiger partial charge in [-0.25, -0.2) is 25.9 Å². The van der Waals surface area contributed by atoms with E-state index in [2.05, 4.69) is 4.72 Å². The van der Waals surface area contributed by atoms with Crippen molar-refractivity contribution in [1.82, 2.24) is 9.03 Å². The third-order valence-electron chi connectivity index (χ3n) is 2.73. The maximum atomic E-state index is 12.1. The smallest absolute Gasteiger partial charge is 0.242 e. The number of sulfonamides is 2. The molecular weight excluding hydrogens is 338 g/mol. The van der Waals surface area contributed by atoms with Crippen molar-refractivity contribution in [2.24, 2.45) is 5.73 Å². The molecule has 0 radical (unpaired) electrons. The van der Waals surface area contributed by atoms with Crippen molar-refractivity contribution >= 4 is 31.6 Å². The number of hydrogen-bond donors (Lipinski definition) is 2. The molecule has 0 heterocycles. The van der Waals surface area contributed by atoms with Crippen molar-refractivity contribution < 1.29 is 16.8 Å². The van der Waals surface area contributed by atoms with Crippen molar-refractivity contribution in [3.8, 4) is 0 Å². The van der Waals surface area contributed by atoms with Crippen LogP contribution in [0.1, 0.15) is 5.56 Å². The van der Waals surface area contributed by atoms with Crippen LogP contribution in [0.5, 0.6) is 0 Å². The molecule has 10 heteroatoms. The monoisotopic (exact) mass is 355 g/mol. The summed E-state index contributed by atoms with van der Waals surface area (Å²) in [7, 11) is -4.57. The molecule has 1 rings (SSSR count). The van der Waals surface area contributed by atoms with Gasteiger partial charge in [0.1, 0.15) is 4.90 Å². The van der Waals surface area contributed by atoms with Crippen LogP contribution in [0.15, 0.2) is 23.1 Å². The van der Waals surface area contributed by atoms with Crippen LogP contribution in [-0.2, 0) is 26.6 Å². The second-order valence-electron chi connectivity index (χ2n) is 4.47. The highest BCUT2D eigenvalue weighted by Crippen LogP contribution is 2.22. The molecule has 0 spiro atoms. The van der Waals surface area contributed by atoms with Gasteiger partial charge in [-0.05, 0) is 17.7 Å². The van der Waals surface area contributed by atoms with Gasteiger partial charge in [0.15, 0.2) is 0 Å². The van der Waals surface area contributed by atoms with E-state index in [0.717, 1.165) is 4.31 Å². The first-order valence-electron chi connectivity index (χ1n) is 5.98. The van der Waals surface area contributed by atoms with Gasteiger partial charge < -0.3 is 5.73 Å². The third-order valence-corrected chi connectivity index (χ3v) is 6.51. The van der Waals surface area contributed by atoms with Crippen LogP contribution in [0.25, 0.3) is 0 Å². The summed E-state index contributed by atoms with van der Waals surface area (Å²) in [5.41, 5.74) is 6.14. The van der Waals surface area contributed by atoms with Gasteiger partial charge in [-0.1, -0.05) is 17.7 Å². The molecule has 0 saturated heterocycles. The van der Waals surface area contributed by atoms with Gasteiger partial charge in [0, 0.05) is 27.2 Å². The number of halogens is 1. The van der Waals surface area contributed by atoms with Crippen LogP contribution in [0.3, 0.4) is 0 Å². The summed E-state index contributed by atoms with van der Waals surface area (Å²) < 4.78 is 50.5. The minimum absolute atomic E-state index is 0.0425. The Hall–Kier alpha value is -0.710. The zero-order valence-corrected chi connectivity index (χ0v) is 14.1. The Morgan fingerprint density at radius 1 is 1.24 bits per heavy atom. The molecule has 0 atom stereocenters. The second kappa shape index (κ2) is 7.03. The van der Waals surface area contributed by atoms with Crippen molar-refractivity contribution in [2.75, 3.05) is 26.4 Å². The Bertz CT molecular complexity index is 702. The number of rotatable bonds is 7. The highest BCUT2D eigenvalue weighted by Gasteiger charge is 2.20. The number of nitrogens with two attached hydrogens (primary N) is 1. The van der Waals surface area contributed by atoms with E-state index in [1.54, 1.807) is 6.07 Å². The van der Waals surface area contributed by atoms with Crippen LogP contribution in [0.2, 0.25) is 5.02 Å². The van der Waals surface area contributed by atoms with Crippen LogP contribution in [-0.4, -0.2) is 47.5 Å². The van der Waals surface area contributed by atoms with Gasteiger partial charge >= 0.3 is 0 Å². The molecule has 0 bridgehead atoms. The largest absolute Gasteiger partial charge is 0.326 e. The summed E-state index contributed by atoms with van der Waals surface area (Å²) >= 11 is 5.91. The Balaban J connectivity index is 2.84. The molecule has 21 heavy (non-hydrogen) atoms. The molecule has 0 amide bonds. The quantitative estimate of drug-likeness (QED) is 0.713. The molecule has 1 aromatic carbocycles. The third kappa shape index (κ3) is 4.90. The first-order valence-corrected chi connectivity index (χ1v) is 9.45. The molecule has 120 valence electrons. The number of nitrogens with zero attached hydrogens (tertiary/aromatic N) is 1. The number of nitrogens with one attached hydrogen (secondary N) is 1. The fourth-order valence-electron chi connectivity index (χ4n) is 1.45. The molecule has 1 aromatic rings. The second-order valence-corrected chi connectivity index (χ2v) is 8.91. The van der Waals surface area contributed by atoms with E-state index in [0.29, 0.717) is 5.56 Å². The van der Waals surface area contributed by atoms with E-state index in [9.17, 15) is 16.8 Å². The predicted molar refractivity (Wildman–Crippen MR) is 82.0 cm³/mol. The van der Waals surface area contributed by atoms with E-state index in [-0.39, 0.29) is 28.8 Å². The minimum atomic E-state index is -3.87. The lowest BCUT2D eigenvalue weighted by Crippen LogP contribution is -2.34. The van der Waals surface area contributed by atoms with Crippen LogP contribution >= 0.6 is 11.6 Å². The molecule has 0 unspecified atom stereocenters. The number of benzene rings is 1. The maximum absolute atomic E-state index is 12.1. The fourth-order valence-corrected chi connectivity index (χ4v) is 3.91. The zero-order valence-electron chi connectivity index (χ0n) is 11.7. The van der Waals surface area contributed by atoms with Gasteiger partial charge in [0.2, 0.25) is 20.0 Å². The van der Waals surface area contributed by atoms with Crippen molar-refractivity contribution in [1.29, 1.82) is 0 Å². The van der Waals surface area contributed by atoms with E-state index in [1.807, 2.05) is 0 Å². The Morgan fingerprint density at radius 2 is 1.86 bits per heavy atom. The summed E-state index contributed by atoms with van der Waals surface area (Å²) in [6.45, 7) is 0.00632. The summed E-state index contributed by atoms with van der Waals surface area (Å²) in [6, 6.07) is 4.36. The van der Waals surface area contributed by atoms with Crippen molar-refractivity contribution in [3.05, 3.63) is 28.8 Å². The highest BCUT2D eigenvalue weighted by molar-refractivity contribution is 7.90. The topological polar surface area (TPSA) is 110 Å². The Morgan fingerprint density at radius 3 is 2.33 bits per heavy atom. The van der Waals surface area contributed by atoms with E-state index in [4.69, 9.17) is 17.3 Å². The van der Waals surface area contributed by atoms with E-state index in [1.165, 1.54) is 26.2 Å². The first-order chi connectivity index (χ1) is 9.60. The summed E-state index contributed by atoms with van der Waals surface area (Å²) in [4.78, 5) is -0.108. The van der Waals surface area contributed by atoms with E-state index >= 15 is 0 Å². The summed E-state index contributed by atoms with van der Waals surface area (Å²) in [5.74, 6) is -0.336. The van der Waals surface area contributed by atoms with Gasteiger partial charge in [-0.15, -0.1) is 0 Å². The molecular formula is C11H18ClN3O4S2. The molecule has 0 aliphatic heterocycles. The molecule has 0 fully saturated rings. The SMILES string of the molecule is CN(C)S(=O)(=O)CCNS(=O)(=O)c1ccc(CN)cc1Cl. The Kier molecular flexibility index (Phi) is 6.14. The van der Waals surface area contributed by atoms with Crippen molar-refractivity contribution in [2.45, 2.75) is 11.4 Å². The lowest BCUT2D eigenvalue weighted by atomic mass is 10.2. The standard InChI is InChI=1S/C11H18ClN3O4S2/c1-15(2)20(16,17)6-5-14-21(18,19)11-4-3-9(8-13)7-10(11)12/h3-4,7,14H,5-6,8,13H2,1-2H3. The average Bonchev–Trinajstić information content (AvgIpc) is 2.37. The lowest BCUT2D eigenvalue weighted by molar-refractivity contribution is 0.519. The van der Waals surface area contributed by atoms with Crippen molar-refractivity contribution in [3.63, 3.8) is 0 Å².